The van der Waals surface area contributed by atoms with Gasteiger partial charge in [-0.2, -0.15) is 5.10 Å². The summed E-state index contributed by atoms with van der Waals surface area (Å²) >= 11 is 6.03. The number of aromatic nitrogens is 2. The van der Waals surface area contributed by atoms with Crippen molar-refractivity contribution in [1.82, 2.24) is 9.78 Å². The highest BCUT2D eigenvalue weighted by atomic mass is 35.5. The minimum absolute atomic E-state index is 0.157. The van der Waals surface area contributed by atoms with E-state index in [4.69, 9.17) is 17.3 Å². The zero-order valence-electron chi connectivity index (χ0n) is 10.7. The average molecular weight is 264 g/mol. The average Bonchev–Trinajstić information content (AvgIpc) is 2.80. The minimum atomic E-state index is -0.157. The standard InChI is InChI=1S/C14H18ClN3/c1-3-8-18-13(6-7-17-18)14(16)11-4-5-12(15)10(2)9-11/h4-7,9,14H,3,8,16H2,1-2H3. The second kappa shape index (κ2) is 5.55. The third-order valence-electron chi connectivity index (χ3n) is 3.04. The number of benzene rings is 1. The molecule has 2 rings (SSSR count). The number of halogens is 1. The molecule has 96 valence electrons. The number of rotatable bonds is 4. The molecule has 1 atom stereocenters. The van der Waals surface area contributed by atoms with Crippen molar-refractivity contribution in [2.24, 2.45) is 5.73 Å². The van der Waals surface area contributed by atoms with Crippen molar-refractivity contribution in [2.75, 3.05) is 0 Å². The summed E-state index contributed by atoms with van der Waals surface area (Å²) in [7, 11) is 0. The van der Waals surface area contributed by atoms with E-state index in [-0.39, 0.29) is 6.04 Å². The van der Waals surface area contributed by atoms with E-state index in [0.717, 1.165) is 34.8 Å². The van der Waals surface area contributed by atoms with E-state index >= 15 is 0 Å². The Morgan fingerprint density at radius 2 is 2.17 bits per heavy atom. The highest BCUT2D eigenvalue weighted by Gasteiger charge is 2.14. The van der Waals surface area contributed by atoms with Gasteiger partial charge >= 0.3 is 0 Å². The molecule has 0 radical (unpaired) electrons. The van der Waals surface area contributed by atoms with Gasteiger partial charge in [-0.15, -0.1) is 0 Å². The van der Waals surface area contributed by atoms with Crippen LogP contribution in [0.2, 0.25) is 5.02 Å². The van der Waals surface area contributed by atoms with Crippen LogP contribution in [0.15, 0.2) is 30.5 Å². The van der Waals surface area contributed by atoms with Crippen molar-refractivity contribution in [3.8, 4) is 0 Å². The number of hydrogen-bond acceptors (Lipinski definition) is 2. The van der Waals surface area contributed by atoms with Gasteiger partial charge in [-0.05, 0) is 36.6 Å². The Kier molecular flexibility index (Phi) is 4.04. The van der Waals surface area contributed by atoms with E-state index in [9.17, 15) is 0 Å². The first-order chi connectivity index (χ1) is 8.63. The predicted octanol–water partition coefficient (Wildman–Crippen LogP) is 3.30. The normalized spacial score (nSPS) is 12.7. The molecule has 4 heteroatoms. The second-order valence-electron chi connectivity index (χ2n) is 4.47. The summed E-state index contributed by atoms with van der Waals surface area (Å²) in [4.78, 5) is 0. The van der Waals surface area contributed by atoms with Gasteiger partial charge in [-0.1, -0.05) is 30.7 Å². The third kappa shape index (κ3) is 2.57. The molecule has 18 heavy (non-hydrogen) atoms. The molecule has 1 unspecified atom stereocenters. The SMILES string of the molecule is CCCn1nccc1C(N)c1ccc(Cl)c(C)c1. The highest BCUT2D eigenvalue weighted by molar-refractivity contribution is 6.31. The fraction of sp³-hybridized carbons (Fsp3) is 0.357. The Morgan fingerprint density at radius 3 is 2.83 bits per heavy atom. The Hall–Kier alpha value is -1.32. The fourth-order valence-electron chi connectivity index (χ4n) is 2.04. The summed E-state index contributed by atoms with van der Waals surface area (Å²) in [6, 6.07) is 7.73. The van der Waals surface area contributed by atoms with E-state index in [1.165, 1.54) is 0 Å². The lowest BCUT2D eigenvalue weighted by Gasteiger charge is -2.15. The monoisotopic (exact) mass is 263 g/mol. The quantitative estimate of drug-likeness (QED) is 0.920. The summed E-state index contributed by atoms with van der Waals surface area (Å²) in [5.74, 6) is 0. The fourth-order valence-corrected chi connectivity index (χ4v) is 2.16. The molecule has 1 aromatic heterocycles. The maximum Gasteiger partial charge on any atom is 0.0723 e. The molecule has 1 heterocycles. The topological polar surface area (TPSA) is 43.8 Å². The molecule has 0 aliphatic heterocycles. The van der Waals surface area contributed by atoms with Gasteiger partial charge in [-0.25, -0.2) is 0 Å². The van der Waals surface area contributed by atoms with Gasteiger partial charge in [0.25, 0.3) is 0 Å². The zero-order chi connectivity index (χ0) is 13.1. The molecule has 0 aliphatic rings. The molecular formula is C14H18ClN3. The van der Waals surface area contributed by atoms with Crippen LogP contribution in [-0.4, -0.2) is 9.78 Å². The van der Waals surface area contributed by atoms with Crippen LogP contribution < -0.4 is 5.73 Å². The number of aryl methyl sites for hydroxylation is 2. The van der Waals surface area contributed by atoms with Gasteiger partial charge in [-0.3, -0.25) is 4.68 Å². The summed E-state index contributed by atoms with van der Waals surface area (Å²) < 4.78 is 1.97. The first-order valence-corrected chi connectivity index (χ1v) is 6.54. The Balaban J connectivity index is 2.32. The lowest BCUT2D eigenvalue weighted by Crippen LogP contribution is -2.17. The number of nitrogens with two attached hydrogens (primary N) is 1. The summed E-state index contributed by atoms with van der Waals surface area (Å²) in [6.45, 7) is 5.01. The van der Waals surface area contributed by atoms with Crippen molar-refractivity contribution in [3.05, 3.63) is 52.3 Å². The molecule has 2 N–H and O–H groups in total. The first-order valence-electron chi connectivity index (χ1n) is 6.16. The van der Waals surface area contributed by atoms with Crippen LogP contribution >= 0.6 is 11.6 Å². The molecule has 0 aliphatic carbocycles. The van der Waals surface area contributed by atoms with Gasteiger partial charge in [0.15, 0.2) is 0 Å². The molecule has 3 nitrogen and oxygen atoms in total. The van der Waals surface area contributed by atoms with E-state index in [2.05, 4.69) is 12.0 Å². The van der Waals surface area contributed by atoms with Crippen molar-refractivity contribution in [3.63, 3.8) is 0 Å². The van der Waals surface area contributed by atoms with Crippen LogP contribution in [0.1, 0.15) is 36.2 Å². The van der Waals surface area contributed by atoms with Crippen LogP contribution in [0.3, 0.4) is 0 Å². The second-order valence-corrected chi connectivity index (χ2v) is 4.87. The van der Waals surface area contributed by atoms with Crippen molar-refractivity contribution < 1.29 is 0 Å². The Morgan fingerprint density at radius 1 is 1.39 bits per heavy atom. The van der Waals surface area contributed by atoms with E-state index in [1.54, 1.807) is 6.20 Å². The smallest absolute Gasteiger partial charge is 0.0723 e. The third-order valence-corrected chi connectivity index (χ3v) is 3.47. The van der Waals surface area contributed by atoms with E-state index in [0.29, 0.717) is 0 Å². The van der Waals surface area contributed by atoms with Gasteiger partial charge in [0.05, 0.1) is 11.7 Å². The zero-order valence-corrected chi connectivity index (χ0v) is 11.5. The maximum absolute atomic E-state index is 6.31. The van der Waals surface area contributed by atoms with Crippen molar-refractivity contribution in [2.45, 2.75) is 32.9 Å². The van der Waals surface area contributed by atoms with Gasteiger partial charge in [0.1, 0.15) is 0 Å². The lowest BCUT2D eigenvalue weighted by atomic mass is 10.0. The van der Waals surface area contributed by atoms with Crippen LogP contribution in [0.5, 0.6) is 0 Å². The molecule has 0 saturated carbocycles. The molecule has 0 amide bonds. The minimum Gasteiger partial charge on any atom is -0.319 e. The van der Waals surface area contributed by atoms with E-state index < -0.39 is 0 Å². The summed E-state index contributed by atoms with van der Waals surface area (Å²) in [6.07, 6.45) is 2.84. The highest BCUT2D eigenvalue weighted by Crippen LogP contribution is 2.24. The largest absolute Gasteiger partial charge is 0.319 e. The molecule has 0 saturated heterocycles. The molecule has 0 bridgehead atoms. The van der Waals surface area contributed by atoms with Crippen LogP contribution in [0.4, 0.5) is 0 Å². The van der Waals surface area contributed by atoms with Crippen molar-refractivity contribution >= 4 is 11.6 Å². The van der Waals surface area contributed by atoms with Crippen molar-refractivity contribution in [1.29, 1.82) is 0 Å². The Labute approximate surface area is 113 Å². The van der Waals surface area contributed by atoms with Crippen LogP contribution in [-0.2, 0) is 6.54 Å². The van der Waals surface area contributed by atoms with Crippen LogP contribution in [0, 0.1) is 6.92 Å². The van der Waals surface area contributed by atoms with E-state index in [1.807, 2.05) is 35.9 Å². The molecule has 0 spiro atoms. The molecular weight excluding hydrogens is 246 g/mol. The number of hydrogen-bond donors (Lipinski definition) is 1. The summed E-state index contributed by atoms with van der Waals surface area (Å²) in [5, 5.41) is 5.07. The maximum atomic E-state index is 6.31. The first kappa shape index (κ1) is 13.1. The number of nitrogens with zero attached hydrogens (tertiary/aromatic N) is 2. The summed E-state index contributed by atoms with van der Waals surface area (Å²) in [5.41, 5.74) is 9.46. The molecule has 1 aromatic carbocycles. The van der Waals surface area contributed by atoms with Crippen LogP contribution in [0.25, 0.3) is 0 Å². The Bertz CT molecular complexity index is 534. The van der Waals surface area contributed by atoms with Gasteiger partial charge < -0.3 is 5.73 Å². The molecule has 0 fully saturated rings. The van der Waals surface area contributed by atoms with Gasteiger partial charge in [0, 0.05) is 17.8 Å². The molecule has 2 aromatic rings. The predicted molar refractivity (Wildman–Crippen MR) is 74.7 cm³/mol. The lowest BCUT2D eigenvalue weighted by molar-refractivity contribution is 0.559. The van der Waals surface area contributed by atoms with Gasteiger partial charge in [0.2, 0.25) is 0 Å².